The van der Waals surface area contributed by atoms with Crippen molar-refractivity contribution in [2.75, 3.05) is 0 Å². The van der Waals surface area contributed by atoms with Crippen molar-refractivity contribution in [1.29, 1.82) is 0 Å². The minimum atomic E-state index is 0.592. The van der Waals surface area contributed by atoms with Crippen LogP contribution in [0.15, 0.2) is 0 Å². The highest BCUT2D eigenvalue weighted by Gasteiger charge is 2.15. The van der Waals surface area contributed by atoms with Gasteiger partial charge in [-0.15, -0.1) is 0 Å². The Morgan fingerprint density at radius 1 is 1.00 bits per heavy atom. The first-order chi connectivity index (χ1) is 5.97. The summed E-state index contributed by atoms with van der Waals surface area (Å²) in [5.41, 5.74) is 0. The molecule has 3 unspecified atom stereocenters. The summed E-state index contributed by atoms with van der Waals surface area (Å²) in [5, 5.41) is 0.592. The second-order valence-electron chi connectivity index (χ2n) is 4.92. The van der Waals surface area contributed by atoms with Crippen LogP contribution in [-0.4, -0.2) is 5.25 Å². The fourth-order valence-electron chi connectivity index (χ4n) is 2.10. The van der Waals surface area contributed by atoms with E-state index in [9.17, 15) is 0 Å². The van der Waals surface area contributed by atoms with Crippen LogP contribution in [0.3, 0.4) is 0 Å². The molecule has 0 saturated heterocycles. The van der Waals surface area contributed by atoms with E-state index in [1.165, 1.54) is 19.3 Å². The maximum atomic E-state index is 4.59. The largest absolute Gasteiger partial charge is 0.176 e. The highest BCUT2D eigenvalue weighted by atomic mass is 32.1. The zero-order chi connectivity index (χ0) is 10.4. The molecule has 13 heavy (non-hydrogen) atoms. The maximum absolute atomic E-state index is 4.59. The van der Waals surface area contributed by atoms with Crippen molar-refractivity contribution < 1.29 is 0 Å². The molecule has 0 aliphatic carbocycles. The van der Waals surface area contributed by atoms with E-state index < -0.39 is 0 Å². The molecule has 0 rings (SSSR count). The molecule has 0 aromatic carbocycles. The Bertz CT molecular complexity index is 120. The van der Waals surface area contributed by atoms with Gasteiger partial charge in [-0.1, -0.05) is 34.6 Å². The van der Waals surface area contributed by atoms with Gasteiger partial charge in [-0.05, 0) is 37.0 Å². The molecule has 0 saturated carbocycles. The van der Waals surface area contributed by atoms with E-state index in [4.69, 9.17) is 0 Å². The van der Waals surface area contributed by atoms with Crippen LogP contribution < -0.4 is 0 Å². The molecular weight excluding hydrogens is 176 g/mol. The predicted molar refractivity (Wildman–Crippen MR) is 65.5 cm³/mol. The lowest BCUT2D eigenvalue weighted by molar-refractivity contribution is 0.348. The minimum absolute atomic E-state index is 0.592. The Morgan fingerprint density at radius 3 is 1.92 bits per heavy atom. The molecule has 0 N–H and O–H groups in total. The molecule has 0 fully saturated rings. The molecule has 3 atom stereocenters. The highest BCUT2D eigenvalue weighted by molar-refractivity contribution is 7.81. The molecule has 0 spiro atoms. The highest BCUT2D eigenvalue weighted by Crippen LogP contribution is 2.24. The van der Waals surface area contributed by atoms with E-state index in [-0.39, 0.29) is 0 Å². The van der Waals surface area contributed by atoms with Gasteiger partial charge in [0.15, 0.2) is 0 Å². The first-order valence-corrected chi connectivity index (χ1v) is 6.17. The van der Waals surface area contributed by atoms with Crippen molar-refractivity contribution in [3.63, 3.8) is 0 Å². The van der Waals surface area contributed by atoms with Crippen molar-refractivity contribution in [2.45, 2.75) is 59.1 Å². The van der Waals surface area contributed by atoms with Crippen LogP contribution in [0.4, 0.5) is 0 Å². The summed E-state index contributed by atoms with van der Waals surface area (Å²) < 4.78 is 0. The monoisotopic (exact) mass is 202 g/mol. The average molecular weight is 202 g/mol. The Labute approximate surface area is 89.9 Å². The van der Waals surface area contributed by atoms with Crippen molar-refractivity contribution in [3.05, 3.63) is 0 Å². The summed E-state index contributed by atoms with van der Waals surface area (Å²) in [7, 11) is 0. The molecule has 0 aliphatic rings. The quantitative estimate of drug-likeness (QED) is 0.606. The van der Waals surface area contributed by atoms with Gasteiger partial charge in [-0.2, -0.15) is 12.6 Å². The van der Waals surface area contributed by atoms with E-state index in [2.05, 4.69) is 47.2 Å². The van der Waals surface area contributed by atoms with Gasteiger partial charge in [0.05, 0.1) is 0 Å². The Kier molecular flexibility index (Phi) is 6.93. The zero-order valence-corrected chi connectivity index (χ0v) is 10.8. The SMILES string of the molecule is CCC(S)C(C)CC(C)CC(C)C. The summed E-state index contributed by atoms with van der Waals surface area (Å²) >= 11 is 4.59. The van der Waals surface area contributed by atoms with Crippen LogP contribution in [0, 0.1) is 17.8 Å². The second kappa shape index (κ2) is 6.75. The molecule has 0 heterocycles. The van der Waals surface area contributed by atoms with E-state index in [1.807, 2.05) is 0 Å². The predicted octanol–water partition coefficient (Wildman–Crippen LogP) is 4.40. The number of hydrogen-bond donors (Lipinski definition) is 1. The Balaban J connectivity index is 3.70. The van der Waals surface area contributed by atoms with Crippen LogP contribution in [0.5, 0.6) is 0 Å². The van der Waals surface area contributed by atoms with E-state index in [0.717, 1.165) is 17.8 Å². The minimum Gasteiger partial charge on any atom is -0.176 e. The van der Waals surface area contributed by atoms with Gasteiger partial charge in [0.2, 0.25) is 0 Å². The molecular formula is C12H26S. The molecule has 1 heteroatoms. The molecule has 0 bridgehead atoms. The second-order valence-corrected chi connectivity index (χ2v) is 5.59. The van der Waals surface area contributed by atoms with Gasteiger partial charge in [0.25, 0.3) is 0 Å². The lowest BCUT2D eigenvalue weighted by atomic mass is 9.88. The third-order valence-corrected chi connectivity index (χ3v) is 3.60. The van der Waals surface area contributed by atoms with Crippen LogP contribution in [0.25, 0.3) is 0 Å². The summed E-state index contributed by atoms with van der Waals surface area (Å²) in [6, 6.07) is 0. The lowest BCUT2D eigenvalue weighted by Gasteiger charge is -2.22. The van der Waals surface area contributed by atoms with Crippen molar-refractivity contribution in [3.8, 4) is 0 Å². The molecule has 80 valence electrons. The van der Waals surface area contributed by atoms with Gasteiger partial charge >= 0.3 is 0 Å². The topological polar surface area (TPSA) is 0 Å². The van der Waals surface area contributed by atoms with Crippen LogP contribution in [0.2, 0.25) is 0 Å². The van der Waals surface area contributed by atoms with Gasteiger partial charge in [0.1, 0.15) is 0 Å². The van der Waals surface area contributed by atoms with Gasteiger partial charge in [0, 0.05) is 5.25 Å². The molecule has 0 amide bonds. The van der Waals surface area contributed by atoms with E-state index in [0.29, 0.717) is 5.25 Å². The molecule has 0 aromatic rings. The third kappa shape index (κ3) is 6.42. The molecule has 0 nitrogen and oxygen atoms in total. The normalized spacial score (nSPS) is 18.7. The summed E-state index contributed by atoms with van der Waals surface area (Å²) in [6.45, 7) is 11.5. The summed E-state index contributed by atoms with van der Waals surface area (Å²) in [5.74, 6) is 2.46. The molecule has 0 aromatic heterocycles. The van der Waals surface area contributed by atoms with Crippen LogP contribution in [-0.2, 0) is 0 Å². The van der Waals surface area contributed by atoms with E-state index >= 15 is 0 Å². The number of thiol groups is 1. The first-order valence-electron chi connectivity index (χ1n) is 5.65. The van der Waals surface area contributed by atoms with Gasteiger partial charge < -0.3 is 0 Å². The summed E-state index contributed by atoms with van der Waals surface area (Å²) in [4.78, 5) is 0. The van der Waals surface area contributed by atoms with Crippen LogP contribution in [0.1, 0.15) is 53.9 Å². The van der Waals surface area contributed by atoms with Crippen molar-refractivity contribution in [2.24, 2.45) is 17.8 Å². The number of rotatable bonds is 6. The fraction of sp³-hybridized carbons (Fsp3) is 1.00. The van der Waals surface area contributed by atoms with Gasteiger partial charge in [-0.3, -0.25) is 0 Å². The van der Waals surface area contributed by atoms with E-state index in [1.54, 1.807) is 0 Å². The van der Waals surface area contributed by atoms with Crippen molar-refractivity contribution in [1.82, 2.24) is 0 Å². The van der Waals surface area contributed by atoms with Crippen LogP contribution >= 0.6 is 12.6 Å². The Morgan fingerprint density at radius 2 is 1.54 bits per heavy atom. The first kappa shape index (κ1) is 13.4. The standard InChI is InChI=1S/C12H26S/c1-6-12(13)11(5)8-10(4)7-9(2)3/h9-13H,6-8H2,1-5H3. The molecule has 0 radical (unpaired) electrons. The Hall–Kier alpha value is 0.350. The van der Waals surface area contributed by atoms with Gasteiger partial charge in [-0.25, -0.2) is 0 Å². The fourth-order valence-corrected chi connectivity index (χ4v) is 2.22. The third-order valence-electron chi connectivity index (χ3n) is 2.72. The molecule has 0 aliphatic heterocycles. The smallest absolute Gasteiger partial charge is 0.00399 e. The lowest BCUT2D eigenvalue weighted by Crippen LogP contribution is -2.14. The summed E-state index contributed by atoms with van der Waals surface area (Å²) in [6.07, 6.45) is 3.88. The maximum Gasteiger partial charge on any atom is 0.00399 e. The van der Waals surface area contributed by atoms with Crippen molar-refractivity contribution >= 4 is 12.6 Å². The number of hydrogen-bond acceptors (Lipinski definition) is 1. The zero-order valence-electron chi connectivity index (χ0n) is 9.88. The average Bonchev–Trinajstić information content (AvgIpc) is 2.01.